The van der Waals surface area contributed by atoms with E-state index in [9.17, 15) is 10.1 Å². The van der Waals surface area contributed by atoms with Crippen LogP contribution < -0.4 is 5.32 Å². The first-order valence-corrected chi connectivity index (χ1v) is 6.32. The van der Waals surface area contributed by atoms with Gasteiger partial charge >= 0.3 is 0 Å². The highest BCUT2D eigenvalue weighted by molar-refractivity contribution is 5.94. The van der Waals surface area contributed by atoms with Crippen molar-refractivity contribution in [3.8, 4) is 6.07 Å². The maximum absolute atomic E-state index is 12.1. The summed E-state index contributed by atoms with van der Waals surface area (Å²) >= 11 is 0. The Balaban J connectivity index is 2.13. The zero-order valence-electron chi connectivity index (χ0n) is 10.6. The number of hydrogen-bond donors (Lipinski definition) is 1. The molecule has 1 heterocycles. The van der Waals surface area contributed by atoms with Crippen molar-refractivity contribution >= 4 is 5.91 Å². The molecule has 1 saturated carbocycles. The van der Waals surface area contributed by atoms with Gasteiger partial charge in [0.15, 0.2) is 0 Å². The van der Waals surface area contributed by atoms with Gasteiger partial charge in [-0.05, 0) is 31.9 Å². The third kappa shape index (κ3) is 2.67. The van der Waals surface area contributed by atoms with Crippen molar-refractivity contribution in [1.82, 2.24) is 10.3 Å². The number of hydrogen-bond acceptors (Lipinski definition) is 3. The van der Waals surface area contributed by atoms with Crippen molar-refractivity contribution < 1.29 is 4.79 Å². The molecule has 0 spiro atoms. The van der Waals surface area contributed by atoms with Crippen LogP contribution in [-0.4, -0.2) is 16.4 Å². The third-order valence-electron chi connectivity index (χ3n) is 3.43. The molecule has 0 aliphatic heterocycles. The Kier molecular flexibility index (Phi) is 3.61. The van der Waals surface area contributed by atoms with Crippen LogP contribution in [0, 0.1) is 18.3 Å². The molecular formula is C14H17N3O. The van der Waals surface area contributed by atoms with Gasteiger partial charge in [0.25, 0.3) is 5.91 Å². The van der Waals surface area contributed by atoms with Crippen LogP contribution >= 0.6 is 0 Å². The fraction of sp³-hybridized carbons (Fsp3) is 0.500. The molecule has 18 heavy (non-hydrogen) atoms. The highest BCUT2D eigenvalue weighted by Gasteiger charge is 2.33. The Morgan fingerprint density at radius 1 is 1.44 bits per heavy atom. The van der Waals surface area contributed by atoms with Gasteiger partial charge in [0.1, 0.15) is 5.54 Å². The van der Waals surface area contributed by atoms with Crippen molar-refractivity contribution in [2.75, 3.05) is 0 Å². The van der Waals surface area contributed by atoms with Gasteiger partial charge in [-0.25, -0.2) is 0 Å². The van der Waals surface area contributed by atoms with E-state index in [1.165, 1.54) is 0 Å². The van der Waals surface area contributed by atoms with Crippen LogP contribution in [0.15, 0.2) is 18.3 Å². The molecule has 2 rings (SSSR count). The molecule has 4 nitrogen and oxygen atoms in total. The largest absolute Gasteiger partial charge is 0.334 e. The highest BCUT2D eigenvalue weighted by atomic mass is 16.1. The average molecular weight is 243 g/mol. The predicted molar refractivity (Wildman–Crippen MR) is 67.9 cm³/mol. The number of aryl methyl sites for hydroxylation is 1. The topological polar surface area (TPSA) is 65.8 Å². The smallest absolute Gasteiger partial charge is 0.252 e. The zero-order chi connectivity index (χ0) is 13.0. The molecule has 1 aliphatic carbocycles. The normalized spacial score (nSPS) is 17.8. The maximum Gasteiger partial charge on any atom is 0.252 e. The molecule has 1 aliphatic rings. The van der Waals surface area contributed by atoms with Gasteiger partial charge in [0, 0.05) is 17.5 Å². The molecule has 1 aromatic rings. The first kappa shape index (κ1) is 12.6. The third-order valence-corrected chi connectivity index (χ3v) is 3.43. The molecule has 0 radical (unpaired) electrons. The number of rotatable bonds is 2. The molecular weight excluding hydrogens is 226 g/mol. The van der Waals surface area contributed by atoms with Crippen molar-refractivity contribution in [3.05, 3.63) is 29.6 Å². The number of nitrogens with zero attached hydrogens (tertiary/aromatic N) is 2. The minimum Gasteiger partial charge on any atom is -0.334 e. The standard InChI is InChI=1S/C14H17N3O/c1-11-9-12(5-8-16-11)13(18)17-14(10-15)6-3-2-4-7-14/h5,8-9H,2-4,6-7H2,1H3,(H,17,18). The Hall–Kier alpha value is -1.89. The summed E-state index contributed by atoms with van der Waals surface area (Å²) < 4.78 is 0. The first-order chi connectivity index (χ1) is 8.65. The SMILES string of the molecule is Cc1cc(C(=O)NC2(C#N)CCCCC2)ccn1. The lowest BCUT2D eigenvalue weighted by Crippen LogP contribution is -2.48. The Morgan fingerprint density at radius 2 is 2.17 bits per heavy atom. The number of nitrogens with one attached hydrogen (secondary N) is 1. The summed E-state index contributed by atoms with van der Waals surface area (Å²) in [5.74, 6) is -0.177. The van der Waals surface area contributed by atoms with Crippen LogP contribution in [0.5, 0.6) is 0 Å². The van der Waals surface area contributed by atoms with E-state index in [0.29, 0.717) is 5.56 Å². The quantitative estimate of drug-likeness (QED) is 0.867. The van der Waals surface area contributed by atoms with Gasteiger partial charge in [0.2, 0.25) is 0 Å². The minimum atomic E-state index is -0.674. The summed E-state index contributed by atoms with van der Waals surface area (Å²) in [4.78, 5) is 16.2. The molecule has 0 saturated heterocycles. The molecule has 4 heteroatoms. The summed E-state index contributed by atoms with van der Waals surface area (Å²) in [5.41, 5.74) is 0.701. The lowest BCUT2D eigenvalue weighted by molar-refractivity contribution is 0.0902. The van der Waals surface area contributed by atoms with Crippen molar-refractivity contribution in [1.29, 1.82) is 5.26 Å². The number of carbonyl (C=O) groups is 1. The van der Waals surface area contributed by atoms with E-state index in [2.05, 4.69) is 16.4 Å². The second kappa shape index (κ2) is 5.18. The molecule has 94 valence electrons. The summed E-state index contributed by atoms with van der Waals surface area (Å²) in [7, 11) is 0. The molecule has 1 N–H and O–H groups in total. The zero-order valence-corrected chi connectivity index (χ0v) is 10.6. The average Bonchev–Trinajstić information content (AvgIpc) is 2.40. The van der Waals surface area contributed by atoms with E-state index in [4.69, 9.17) is 0 Å². The van der Waals surface area contributed by atoms with Crippen molar-refractivity contribution in [2.45, 2.75) is 44.6 Å². The molecule has 1 aromatic heterocycles. The predicted octanol–water partition coefficient (Wildman–Crippen LogP) is 2.35. The van der Waals surface area contributed by atoms with Gasteiger partial charge < -0.3 is 5.32 Å². The summed E-state index contributed by atoms with van der Waals surface area (Å²) in [5, 5.41) is 12.2. The summed E-state index contributed by atoms with van der Waals surface area (Å²) in [6.07, 6.45) is 6.27. The van der Waals surface area contributed by atoms with Crippen LogP contribution in [0.4, 0.5) is 0 Å². The lowest BCUT2D eigenvalue weighted by atomic mass is 9.82. The second-order valence-corrected chi connectivity index (χ2v) is 4.89. The highest BCUT2D eigenvalue weighted by Crippen LogP contribution is 2.27. The monoisotopic (exact) mass is 243 g/mol. The van der Waals surface area contributed by atoms with Crippen LogP contribution in [0.25, 0.3) is 0 Å². The van der Waals surface area contributed by atoms with Gasteiger partial charge in [-0.3, -0.25) is 9.78 Å². The fourth-order valence-electron chi connectivity index (χ4n) is 2.40. The van der Waals surface area contributed by atoms with E-state index in [0.717, 1.165) is 37.8 Å². The van der Waals surface area contributed by atoms with Crippen LogP contribution in [0.3, 0.4) is 0 Å². The second-order valence-electron chi connectivity index (χ2n) is 4.89. The Bertz CT molecular complexity index is 484. The number of pyridine rings is 1. The van der Waals surface area contributed by atoms with E-state index in [-0.39, 0.29) is 5.91 Å². The lowest BCUT2D eigenvalue weighted by Gasteiger charge is -2.31. The number of carbonyl (C=O) groups excluding carboxylic acids is 1. The van der Waals surface area contributed by atoms with E-state index in [1.807, 2.05) is 6.92 Å². The summed E-state index contributed by atoms with van der Waals surface area (Å²) in [6, 6.07) is 5.70. The van der Waals surface area contributed by atoms with E-state index >= 15 is 0 Å². The Labute approximate surface area is 107 Å². The number of nitriles is 1. The van der Waals surface area contributed by atoms with Crippen LogP contribution in [0.1, 0.15) is 48.2 Å². The molecule has 0 unspecified atom stereocenters. The molecule has 1 amide bonds. The molecule has 0 atom stereocenters. The molecule has 0 aromatic carbocycles. The maximum atomic E-state index is 12.1. The van der Waals surface area contributed by atoms with E-state index < -0.39 is 5.54 Å². The Morgan fingerprint density at radius 3 is 2.78 bits per heavy atom. The van der Waals surface area contributed by atoms with Crippen molar-refractivity contribution in [2.24, 2.45) is 0 Å². The van der Waals surface area contributed by atoms with Gasteiger partial charge in [0.05, 0.1) is 6.07 Å². The molecule has 1 fully saturated rings. The van der Waals surface area contributed by atoms with Crippen LogP contribution in [0.2, 0.25) is 0 Å². The summed E-state index contributed by atoms with van der Waals surface area (Å²) in [6.45, 7) is 1.84. The molecule has 0 bridgehead atoms. The first-order valence-electron chi connectivity index (χ1n) is 6.32. The van der Waals surface area contributed by atoms with Gasteiger partial charge in [-0.2, -0.15) is 5.26 Å². The van der Waals surface area contributed by atoms with E-state index in [1.54, 1.807) is 18.3 Å². The van der Waals surface area contributed by atoms with Crippen molar-refractivity contribution in [3.63, 3.8) is 0 Å². The number of amides is 1. The number of aromatic nitrogens is 1. The van der Waals surface area contributed by atoms with Gasteiger partial charge in [-0.1, -0.05) is 19.3 Å². The fourth-order valence-corrected chi connectivity index (χ4v) is 2.40. The van der Waals surface area contributed by atoms with Gasteiger partial charge in [-0.15, -0.1) is 0 Å². The van der Waals surface area contributed by atoms with Crippen LogP contribution in [-0.2, 0) is 0 Å². The minimum absolute atomic E-state index is 0.177.